The van der Waals surface area contributed by atoms with Crippen LogP contribution in [0, 0.1) is 22.7 Å². The molecule has 4 aromatic rings. The van der Waals surface area contributed by atoms with Crippen LogP contribution in [0.15, 0.2) is 58.9 Å². The smallest absolute Gasteiger partial charge is 0.490 e. The number of carboxylic acids is 2. The number of nitrogens with one attached hydrogen (secondary N) is 2. The first-order valence-electron chi connectivity index (χ1n) is 13.7. The molecule has 0 aliphatic heterocycles. The third-order valence-corrected chi connectivity index (χ3v) is 8.27. The summed E-state index contributed by atoms with van der Waals surface area (Å²) in [6.07, 6.45) is -5.04. The zero-order valence-electron chi connectivity index (χ0n) is 25.0. The van der Waals surface area contributed by atoms with Crippen molar-refractivity contribution in [2.45, 2.75) is 23.4 Å². The van der Waals surface area contributed by atoms with Crippen molar-refractivity contribution >= 4 is 52.5 Å². The second-order valence-corrected chi connectivity index (χ2v) is 11.6. The highest BCUT2D eigenvalue weighted by Gasteiger charge is 2.38. The number of aliphatic carboxylic acids is 2. The molecule has 0 spiro atoms. The van der Waals surface area contributed by atoms with E-state index in [0.29, 0.717) is 63.8 Å². The van der Waals surface area contributed by atoms with E-state index in [-0.39, 0.29) is 12.0 Å². The standard InChI is InChI=1S/C29H25ClN6O3S2.C2HF3O2/c1-33-27-23(14-31)26(18-4-8-22(9-5-18)39-13-12-34-11-10-25(37)38)24(15-32)29(36-27)41-17-21-16-40-28(35-21)19-2-6-20(30)7-3-19;3-2(4,5)1(6)7/h2-9,16,34H,10-13,17H2,1H3,(H,33,36)(H,37,38);(H,6,7). The number of carbonyl (C=O) groups is 2. The fraction of sp³-hybridized carbons (Fsp3) is 0.226. The fourth-order valence-electron chi connectivity index (χ4n) is 3.87. The van der Waals surface area contributed by atoms with Crippen molar-refractivity contribution in [3.63, 3.8) is 0 Å². The van der Waals surface area contributed by atoms with Crippen LogP contribution in [-0.2, 0) is 15.3 Å². The average molecular weight is 719 g/mol. The Morgan fingerprint density at radius 3 is 2.19 bits per heavy atom. The van der Waals surface area contributed by atoms with Crippen LogP contribution >= 0.6 is 34.7 Å². The molecule has 17 heteroatoms. The van der Waals surface area contributed by atoms with E-state index >= 15 is 0 Å². The molecule has 0 unspecified atom stereocenters. The van der Waals surface area contributed by atoms with E-state index in [2.05, 4.69) is 27.8 Å². The van der Waals surface area contributed by atoms with Gasteiger partial charge in [-0.15, -0.1) is 11.3 Å². The van der Waals surface area contributed by atoms with Crippen LogP contribution in [0.25, 0.3) is 21.7 Å². The zero-order chi connectivity index (χ0) is 35.3. The number of hydrogen-bond acceptors (Lipinski definition) is 11. The van der Waals surface area contributed by atoms with Crippen LogP contribution in [-0.4, -0.2) is 65.0 Å². The number of ether oxygens (including phenoxy) is 1. The number of anilines is 1. The Hall–Kier alpha value is -4.87. The molecule has 0 saturated heterocycles. The second kappa shape index (κ2) is 17.9. The molecule has 0 bridgehead atoms. The van der Waals surface area contributed by atoms with Gasteiger partial charge in [0.1, 0.15) is 45.9 Å². The van der Waals surface area contributed by atoms with Gasteiger partial charge in [0.15, 0.2) is 0 Å². The zero-order valence-corrected chi connectivity index (χ0v) is 27.4. The SMILES string of the molecule is CNc1nc(SCc2csc(-c3ccc(Cl)cc3)n2)c(C#N)c(-c2ccc(OCCNCCC(=O)O)cc2)c1C#N.O=C(O)C(F)(F)F. The summed E-state index contributed by atoms with van der Waals surface area (Å²) in [4.78, 5) is 28.8. The number of aromatic nitrogens is 2. The monoisotopic (exact) mass is 718 g/mol. The summed E-state index contributed by atoms with van der Waals surface area (Å²) in [6, 6.07) is 19.1. The van der Waals surface area contributed by atoms with Crippen molar-refractivity contribution < 1.29 is 37.7 Å². The van der Waals surface area contributed by atoms with Gasteiger partial charge in [0.2, 0.25) is 0 Å². The number of nitrogens with zero attached hydrogens (tertiary/aromatic N) is 4. The largest absolute Gasteiger partial charge is 0.492 e. The maximum atomic E-state index is 10.6. The van der Waals surface area contributed by atoms with Gasteiger partial charge in [0, 0.05) is 47.4 Å². The van der Waals surface area contributed by atoms with E-state index in [1.807, 2.05) is 29.6 Å². The number of halogens is 4. The van der Waals surface area contributed by atoms with Crippen LogP contribution < -0.4 is 15.4 Å². The van der Waals surface area contributed by atoms with Crippen LogP contribution in [0.2, 0.25) is 5.02 Å². The minimum absolute atomic E-state index is 0.0478. The molecule has 2 aromatic carbocycles. The van der Waals surface area contributed by atoms with Crippen molar-refractivity contribution in [1.82, 2.24) is 15.3 Å². The third-order valence-electron chi connectivity index (χ3n) is 6.07. The van der Waals surface area contributed by atoms with Crippen LogP contribution in [0.5, 0.6) is 5.75 Å². The van der Waals surface area contributed by atoms with Gasteiger partial charge in [-0.25, -0.2) is 14.8 Å². The van der Waals surface area contributed by atoms with E-state index in [9.17, 15) is 28.5 Å². The summed E-state index contributed by atoms with van der Waals surface area (Å²) in [5.41, 5.74) is 3.61. The molecule has 0 amide bonds. The lowest BCUT2D eigenvalue weighted by molar-refractivity contribution is -0.192. The number of alkyl halides is 3. The lowest BCUT2D eigenvalue weighted by Crippen LogP contribution is -2.23. The van der Waals surface area contributed by atoms with Gasteiger partial charge in [-0.3, -0.25) is 4.79 Å². The van der Waals surface area contributed by atoms with Crippen molar-refractivity contribution in [1.29, 1.82) is 10.5 Å². The number of benzene rings is 2. The number of thioether (sulfide) groups is 1. The van der Waals surface area contributed by atoms with Gasteiger partial charge >= 0.3 is 18.1 Å². The van der Waals surface area contributed by atoms with Crippen LogP contribution in [0.4, 0.5) is 19.0 Å². The lowest BCUT2D eigenvalue weighted by Gasteiger charge is -2.15. The highest BCUT2D eigenvalue weighted by Crippen LogP contribution is 2.38. The van der Waals surface area contributed by atoms with Crippen molar-refractivity contribution in [2.24, 2.45) is 0 Å². The van der Waals surface area contributed by atoms with Crippen molar-refractivity contribution in [3.8, 4) is 39.6 Å². The Morgan fingerprint density at radius 1 is 1.00 bits per heavy atom. The average Bonchev–Trinajstić information content (AvgIpc) is 3.54. The number of hydrogen-bond donors (Lipinski definition) is 4. The molecule has 0 radical (unpaired) electrons. The Bertz CT molecular complexity index is 1810. The van der Waals surface area contributed by atoms with E-state index in [1.165, 1.54) is 23.1 Å². The van der Waals surface area contributed by atoms with E-state index in [1.54, 1.807) is 31.3 Å². The summed E-state index contributed by atoms with van der Waals surface area (Å²) >= 11 is 8.92. The predicted octanol–water partition coefficient (Wildman–Crippen LogP) is 6.68. The Labute approximate surface area is 286 Å². The number of thiazole rings is 1. The van der Waals surface area contributed by atoms with Gasteiger partial charge in [0.05, 0.1) is 17.7 Å². The van der Waals surface area contributed by atoms with Gasteiger partial charge in [-0.2, -0.15) is 23.7 Å². The molecule has 0 aliphatic rings. The second-order valence-electron chi connectivity index (χ2n) is 9.37. The van der Waals surface area contributed by atoms with E-state index in [4.69, 9.17) is 36.3 Å². The molecule has 0 fully saturated rings. The lowest BCUT2D eigenvalue weighted by atomic mass is 9.96. The molecule has 4 N–H and O–H groups in total. The first-order chi connectivity index (χ1) is 22.9. The molecule has 2 aromatic heterocycles. The van der Waals surface area contributed by atoms with Gasteiger partial charge < -0.3 is 25.6 Å². The summed E-state index contributed by atoms with van der Waals surface area (Å²) in [5, 5.41) is 46.0. The predicted molar refractivity (Wildman–Crippen MR) is 175 cm³/mol. The summed E-state index contributed by atoms with van der Waals surface area (Å²) < 4.78 is 37.5. The Balaban J connectivity index is 0.000000804. The molecule has 48 heavy (non-hydrogen) atoms. The number of rotatable bonds is 13. The third kappa shape index (κ3) is 10.9. The first kappa shape index (κ1) is 37.6. The quantitative estimate of drug-likeness (QED) is 0.0852. The summed E-state index contributed by atoms with van der Waals surface area (Å²) in [5.74, 6) is -2.12. The Morgan fingerprint density at radius 2 is 1.62 bits per heavy atom. The summed E-state index contributed by atoms with van der Waals surface area (Å²) in [7, 11) is 1.69. The highest BCUT2D eigenvalue weighted by molar-refractivity contribution is 7.98. The normalized spacial score (nSPS) is 10.6. The molecule has 0 atom stereocenters. The minimum Gasteiger partial charge on any atom is -0.492 e. The molecule has 11 nitrogen and oxygen atoms in total. The fourth-order valence-corrected chi connectivity index (χ4v) is 5.81. The maximum absolute atomic E-state index is 10.6. The van der Waals surface area contributed by atoms with Gasteiger partial charge in [-0.05, 0) is 29.8 Å². The van der Waals surface area contributed by atoms with Crippen molar-refractivity contribution in [3.05, 3.63) is 75.8 Å². The molecule has 0 saturated carbocycles. The molecular formula is C31H26ClF3N6O5S2. The number of pyridine rings is 1. The molecule has 0 aliphatic carbocycles. The molecular weight excluding hydrogens is 693 g/mol. The molecule has 4 rings (SSSR count). The van der Waals surface area contributed by atoms with Crippen LogP contribution in [0.3, 0.4) is 0 Å². The topological polar surface area (TPSA) is 181 Å². The minimum atomic E-state index is -5.08. The van der Waals surface area contributed by atoms with E-state index < -0.39 is 18.1 Å². The summed E-state index contributed by atoms with van der Waals surface area (Å²) in [6.45, 7) is 1.23. The Kier molecular flexibility index (Phi) is 14.0. The maximum Gasteiger partial charge on any atom is 0.490 e. The van der Waals surface area contributed by atoms with Crippen LogP contribution in [0.1, 0.15) is 23.2 Å². The van der Waals surface area contributed by atoms with Crippen molar-refractivity contribution in [2.75, 3.05) is 32.1 Å². The first-order valence-corrected chi connectivity index (χ1v) is 16.0. The number of carboxylic acid groups (broad SMARTS) is 2. The van der Waals surface area contributed by atoms with Gasteiger partial charge in [-0.1, -0.05) is 47.6 Å². The highest BCUT2D eigenvalue weighted by atomic mass is 35.5. The van der Waals surface area contributed by atoms with E-state index in [0.717, 1.165) is 16.3 Å². The van der Waals surface area contributed by atoms with Gasteiger partial charge in [0.25, 0.3) is 0 Å². The molecule has 250 valence electrons. The number of nitriles is 2. The molecule has 2 heterocycles.